The predicted molar refractivity (Wildman–Crippen MR) is 118 cm³/mol. The molecular weight excluding hydrogens is 443 g/mol. The highest BCUT2D eigenvalue weighted by Crippen LogP contribution is 2.15. The molecule has 7 nitrogen and oxygen atoms in total. The molecule has 0 saturated carbocycles. The SMILES string of the molecule is CN=C(NCC1CN(C)CCN1C)N1CCN(CC2CCOC2)CC1.I. The Bertz CT molecular complexity index is 437. The number of ether oxygens (including phenoxy) is 1. The van der Waals surface area contributed by atoms with Gasteiger partial charge in [0, 0.05) is 78.6 Å². The Morgan fingerprint density at radius 3 is 2.54 bits per heavy atom. The lowest BCUT2D eigenvalue weighted by molar-refractivity contribution is 0.114. The van der Waals surface area contributed by atoms with Crippen LogP contribution in [0, 0.1) is 5.92 Å². The van der Waals surface area contributed by atoms with Gasteiger partial charge >= 0.3 is 0 Å². The second-order valence-electron chi connectivity index (χ2n) is 7.84. The summed E-state index contributed by atoms with van der Waals surface area (Å²) in [5, 5.41) is 3.62. The molecule has 3 fully saturated rings. The third-order valence-corrected chi connectivity index (χ3v) is 5.90. The molecule has 0 aliphatic carbocycles. The maximum atomic E-state index is 5.51. The Labute approximate surface area is 176 Å². The van der Waals surface area contributed by atoms with Crippen LogP contribution in [-0.4, -0.2) is 125 Å². The van der Waals surface area contributed by atoms with Crippen molar-refractivity contribution in [2.45, 2.75) is 12.5 Å². The molecule has 3 heterocycles. The van der Waals surface area contributed by atoms with E-state index in [0.717, 1.165) is 77.4 Å². The maximum absolute atomic E-state index is 5.51. The Balaban J connectivity index is 0.00000243. The van der Waals surface area contributed by atoms with Crippen molar-refractivity contribution >= 4 is 29.9 Å². The Hall–Kier alpha value is -0.160. The van der Waals surface area contributed by atoms with Gasteiger partial charge in [-0.3, -0.25) is 14.8 Å². The second-order valence-corrected chi connectivity index (χ2v) is 7.84. The van der Waals surface area contributed by atoms with E-state index in [0.29, 0.717) is 6.04 Å². The molecule has 2 atom stereocenters. The van der Waals surface area contributed by atoms with Gasteiger partial charge in [0.15, 0.2) is 5.96 Å². The summed E-state index contributed by atoms with van der Waals surface area (Å²) >= 11 is 0. The van der Waals surface area contributed by atoms with Crippen LogP contribution in [0.3, 0.4) is 0 Å². The smallest absolute Gasteiger partial charge is 0.193 e. The molecule has 0 aromatic carbocycles. The van der Waals surface area contributed by atoms with Gasteiger partial charge in [-0.05, 0) is 26.4 Å². The minimum Gasteiger partial charge on any atom is -0.381 e. The Morgan fingerprint density at radius 2 is 1.88 bits per heavy atom. The van der Waals surface area contributed by atoms with E-state index < -0.39 is 0 Å². The van der Waals surface area contributed by atoms with Crippen LogP contribution < -0.4 is 5.32 Å². The minimum atomic E-state index is 0. The van der Waals surface area contributed by atoms with Crippen molar-refractivity contribution in [3.05, 3.63) is 0 Å². The van der Waals surface area contributed by atoms with E-state index in [2.05, 4.69) is 44.0 Å². The summed E-state index contributed by atoms with van der Waals surface area (Å²) < 4.78 is 5.51. The lowest BCUT2D eigenvalue weighted by Gasteiger charge is -2.40. The molecule has 0 amide bonds. The average molecular weight is 480 g/mol. The molecule has 2 unspecified atom stereocenters. The normalized spacial score (nSPS) is 29.7. The summed E-state index contributed by atoms with van der Waals surface area (Å²) in [5.74, 6) is 1.80. The van der Waals surface area contributed by atoms with Crippen molar-refractivity contribution < 1.29 is 4.74 Å². The first-order chi connectivity index (χ1) is 12.2. The summed E-state index contributed by atoms with van der Waals surface area (Å²) in [6.07, 6.45) is 1.23. The molecule has 3 saturated heterocycles. The molecular formula is C18H37IN6O. The van der Waals surface area contributed by atoms with Crippen molar-refractivity contribution in [1.29, 1.82) is 0 Å². The average Bonchev–Trinajstić information content (AvgIpc) is 3.12. The van der Waals surface area contributed by atoms with E-state index >= 15 is 0 Å². The molecule has 0 aromatic rings. The number of guanidine groups is 1. The van der Waals surface area contributed by atoms with E-state index in [1.807, 2.05) is 7.05 Å². The molecule has 8 heteroatoms. The molecule has 0 spiro atoms. The van der Waals surface area contributed by atoms with Crippen molar-refractivity contribution in [1.82, 2.24) is 24.9 Å². The molecule has 0 bridgehead atoms. The van der Waals surface area contributed by atoms with Gasteiger partial charge in [0.2, 0.25) is 0 Å². The highest BCUT2D eigenvalue weighted by Gasteiger charge is 2.26. The zero-order valence-corrected chi connectivity index (χ0v) is 19.0. The number of likely N-dealkylation sites (N-methyl/N-ethyl adjacent to an activating group) is 2. The number of aliphatic imine (C=N–C) groups is 1. The lowest BCUT2D eigenvalue weighted by Crippen LogP contribution is -2.57. The van der Waals surface area contributed by atoms with Crippen LogP contribution in [0.5, 0.6) is 0 Å². The summed E-state index contributed by atoms with van der Waals surface area (Å²) in [4.78, 5) is 14.4. The monoisotopic (exact) mass is 480 g/mol. The fraction of sp³-hybridized carbons (Fsp3) is 0.944. The fourth-order valence-corrected chi connectivity index (χ4v) is 4.10. The number of piperazine rings is 2. The van der Waals surface area contributed by atoms with Gasteiger partial charge in [-0.25, -0.2) is 0 Å². The molecule has 152 valence electrons. The highest BCUT2D eigenvalue weighted by atomic mass is 127. The summed E-state index contributed by atoms with van der Waals surface area (Å²) in [6, 6.07) is 0.555. The van der Waals surface area contributed by atoms with Crippen molar-refractivity contribution in [3.8, 4) is 0 Å². The zero-order valence-electron chi connectivity index (χ0n) is 16.7. The van der Waals surface area contributed by atoms with Crippen LogP contribution in [0.15, 0.2) is 4.99 Å². The summed E-state index contributed by atoms with van der Waals surface area (Å²) in [5.41, 5.74) is 0. The van der Waals surface area contributed by atoms with Crippen LogP contribution in [0.2, 0.25) is 0 Å². The van der Waals surface area contributed by atoms with Crippen LogP contribution >= 0.6 is 24.0 Å². The zero-order chi connectivity index (χ0) is 17.6. The quantitative estimate of drug-likeness (QED) is 0.350. The van der Waals surface area contributed by atoms with E-state index in [1.54, 1.807) is 0 Å². The third kappa shape index (κ3) is 6.19. The highest BCUT2D eigenvalue weighted by molar-refractivity contribution is 14.0. The van der Waals surface area contributed by atoms with Crippen LogP contribution in [0.4, 0.5) is 0 Å². The van der Waals surface area contributed by atoms with E-state index in [1.165, 1.54) is 13.0 Å². The van der Waals surface area contributed by atoms with Gasteiger partial charge in [-0.2, -0.15) is 0 Å². The summed E-state index contributed by atoms with van der Waals surface area (Å²) in [6.45, 7) is 11.9. The molecule has 0 aromatic heterocycles. The largest absolute Gasteiger partial charge is 0.381 e. The van der Waals surface area contributed by atoms with Gasteiger partial charge in [0.1, 0.15) is 0 Å². The van der Waals surface area contributed by atoms with Gasteiger partial charge < -0.3 is 19.9 Å². The molecule has 1 N–H and O–H groups in total. The molecule has 3 rings (SSSR count). The maximum Gasteiger partial charge on any atom is 0.193 e. The number of halogens is 1. The topological polar surface area (TPSA) is 46.6 Å². The van der Waals surface area contributed by atoms with Gasteiger partial charge in [-0.15, -0.1) is 24.0 Å². The van der Waals surface area contributed by atoms with Crippen molar-refractivity contribution in [3.63, 3.8) is 0 Å². The van der Waals surface area contributed by atoms with E-state index in [9.17, 15) is 0 Å². The lowest BCUT2D eigenvalue weighted by atomic mass is 10.1. The van der Waals surface area contributed by atoms with E-state index in [4.69, 9.17) is 4.74 Å². The first kappa shape index (κ1) is 22.1. The van der Waals surface area contributed by atoms with Crippen LogP contribution in [0.1, 0.15) is 6.42 Å². The number of rotatable bonds is 4. The van der Waals surface area contributed by atoms with Crippen molar-refractivity contribution in [2.24, 2.45) is 10.9 Å². The van der Waals surface area contributed by atoms with Gasteiger partial charge in [-0.1, -0.05) is 0 Å². The first-order valence-corrected chi connectivity index (χ1v) is 9.80. The number of hydrogen-bond donors (Lipinski definition) is 1. The van der Waals surface area contributed by atoms with Crippen LogP contribution in [0.25, 0.3) is 0 Å². The number of hydrogen-bond acceptors (Lipinski definition) is 5. The molecule has 0 radical (unpaired) electrons. The van der Waals surface area contributed by atoms with Gasteiger partial charge in [0.05, 0.1) is 6.61 Å². The standard InChI is InChI=1S/C18H36N6O.HI/c1-19-18(20-12-17-14-21(2)5-6-22(17)3)24-9-7-23(8-10-24)13-16-4-11-25-15-16;/h16-17H,4-15H2,1-3H3,(H,19,20);1H. The van der Waals surface area contributed by atoms with Gasteiger partial charge in [0.25, 0.3) is 0 Å². The Kier molecular flexibility index (Phi) is 9.36. The second kappa shape index (κ2) is 11.0. The first-order valence-electron chi connectivity index (χ1n) is 9.80. The van der Waals surface area contributed by atoms with Crippen LogP contribution in [-0.2, 0) is 4.74 Å². The molecule has 26 heavy (non-hydrogen) atoms. The minimum absolute atomic E-state index is 0. The molecule has 3 aliphatic heterocycles. The van der Waals surface area contributed by atoms with E-state index in [-0.39, 0.29) is 24.0 Å². The number of nitrogens with one attached hydrogen (secondary N) is 1. The predicted octanol–water partition coefficient (Wildman–Crippen LogP) is 0.0797. The fourth-order valence-electron chi connectivity index (χ4n) is 4.10. The molecule has 3 aliphatic rings. The van der Waals surface area contributed by atoms with Crippen molar-refractivity contribution in [2.75, 3.05) is 93.3 Å². The Morgan fingerprint density at radius 1 is 1.12 bits per heavy atom. The summed E-state index contributed by atoms with van der Waals surface area (Å²) in [7, 11) is 6.35. The third-order valence-electron chi connectivity index (χ3n) is 5.90. The number of nitrogens with zero attached hydrogens (tertiary/aromatic N) is 5.